The van der Waals surface area contributed by atoms with E-state index in [-0.39, 0.29) is 23.0 Å². The summed E-state index contributed by atoms with van der Waals surface area (Å²) in [5, 5.41) is 2.93. The number of halogens is 3. The zero-order chi connectivity index (χ0) is 21.6. The molecule has 0 spiro atoms. The van der Waals surface area contributed by atoms with E-state index in [0.29, 0.717) is 24.7 Å². The van der Waals surface area contributed by atoms with Crippen molar-refractivity contribution in [2.75, 3.05) is 13.2 Å². The van der Waals surface area contributed by atoms with Gasteiger partial charge in [-0.2, -0.15) is 13.2 Å². The first-order chi connectivity index (χ1) is 14.9. The van der Waals surface area contributed by atoms with E-state index >= 15 is 0 Å². The number of benzene rings is 2. The second-order valence-electron chi connectivity index (χ2n) is 7.79. The molecule has 31 heavy (non-hydrogen) atoms. The predicted octanol–water partition coefficient (Wildman–Crippen LogP) is 4.09. The third kappa shape index (κ3) is 3.92. The summed E-state index contributed by atoms with van der Waals surface area (Å²) in [5.74, 6) is -0.0705. The highest BCUT2D eigenvalue weighted by molar-refractivity contribution is 5.81. The van der Waals surface area contributed by atoms with E-state index in [2.05, 4.69) is 10.3 Å². The Labute approximate surface area is 176 Å². The fourth-order valence-electron chi connectivity index (χ4n) is 3.97. The smallest absolute Gasteiger partial charge is 0.449 e. The molecule has 1 aliphatic heterocycles. The van der Waals surface area contributed by atoms with Crippen molar-refractivity contribution in [2.24, 2.45) is 5.92 Å². The van der Waals surface area contributed by atoms with E-state index in [4.69, 9.17) is 9.47 Å². The van der Waals surface area contributed by atoms with Gasteiger partial charge in [-0.15, -0.1) is 0 Å². The van der Waals surface area contributed by atoms with E-state index in [1.807, 2.05) is 12.1 Å². The first-order valence-electron chi connectivity index (χ1n) is 10.1. The number of carbonyl (C=O) groups is 1. The quantitative estimate of drug-likeness (QED) is 0.661. The van der Waals surface area contributed by atoms with Crippen LogP contribution in [-0.2, 0) is 17.5 Å². The number of hydrogen-bond donors (Lipinski definition) is 1. The predicted molar refractivity (Wildman–Crippen MR) is 106 cm³/mol. The summed E-state index contributed by atoms with van der Waals surface area (Å²) in [6.45, 7) is 0.462. The largest absolute Gasteiger partial charge is 0.486 e. The summed E-state index contributed by atoms with van der Waals surface area (Å²) in [6, 6.07) is 11.5. The third-order valence-corrected chi connectivity index (χ3v) is 5.55. The van der Waals surface area contributed by atoms with Gasteiger partial charge in [0.15, 0.2) is 11.5 Å². The van der Waals surface area contributed by atoms with Crippen LogP contribution in [0.3, 0.4) is 0 Å². The second kappa shape index (κ2) is 7.47. The van der Waals surface area contributed by atoms with Crippen molar-refractivity contribution in [1.82, 2.24) is 14.9 Å². The van der Waals surface area contributed by atoms with Crippen LogP contribution in [0, 0.1) is 5.92 Å². The van der Waals surface area contributed by atoms with Crippen molar-refractivity contribution in [2.45, 2.75) is 31.6 Å². The summed E-state index contributed by atoms with van der Waals surface area (Å²) in [5.41, 5.74) is 1.33. The molecular formula is C22H20F3N3O3. The van der Waals surface area contributed by atoms with Crippen molar-refractivity contribution in [3.8, 4) is 11.5 Å². The maximum absolute atomic E-state index is 13.5. The first-order valence-corrected chi connectivity index (χ1v) is 10.1. The fourth-order valence-corrected chi connectivity index (χ4v) is 3.97. The normalized spacial score (nSPS) is 16.9. The molecule has 2 aromatic carbocycles. The molecule has 0 saturated heterocycles. The van der Waals surface area contributed by atoms with E-state index in [0.717, 1.165) is 23.0 Å². The standard InChI is InChI=1S/C22H20F3N3O3/c23-22(24,25)21-26-15-3-1-2-4-16(15)28(21)12-19(29)27-20(13-5-6-13)14-7-8-17-18(11-14)31-10-9-30-17/h1-4,7-8,11,13,20H,5-6,9-10,12H2,(H,27,29). The number of nitrogens with zero attached hydrogens (tertiary/aromatic N) is 2. The first kappa shape index (κ1) is 19.7. The third-order valence-electron chi connectivity index (χ3n) is 5.55. The minimum Gasteiger partial charge on any atom is -0.486 e. The molecule has 2 aliphatic rings. The molecule has 0 radical (unpaired) electrons. The van der Waals surface area contributed by atoms with E-state index < -0.39 is 24.5 Å². The lowest BCUT2D eigenvalue weighted by molar-refractivity contribution is -0.147. The van der Waals surface area contributed by atoms with Crippen LogP contribution < -0.4 is 14.8 Å². The molecule has 1 unspecified atom stereocenters. The van der Waals surface area contributed by atoms with Gasteiger partial charge in [-0.3, -0.25) is 4.79 Å². The molecule has 1 amide bonds. The number of nitrogens with one attached hydrogen (secondary N) is 1. The van der Waals surface area contributed by atoms with Gasteiger partial charge in [-0.25, -0.2) is 4.98 Å². The van der Waals surface area contributed by atoms with Gasteiger partial charge in [0, 0.05) is 0 Å². The van der Waals surface area contributed by atoms with Crippen LogP contribution >= 0.6 is 0 Å². The number of ether oxygens (including phenoxy) is 2. The van der Waals surface area contributed by atoms with E-state index in [1.165, 1.54) is 12.1 Å². The lowest BCUT2D eigenvalue weighted by atomic mass is 10.0. The Morgan fingerprint density at radius 1 is 1.13 bits per heavy atom. The van der Waals surface area contributed by atoms with Crippen LogP contribution in [0.15, 0.2) is 42.5 Å². The molecule has 162 valence electrons. The number of rotatable bonds is 5. The molecule has 1 saturated carbocycles. The van der Waals surface area contributed by atoms with Crippen molar-refractivity contribution < 1.29 is 27.4 Å². The number of para-hydroxylation sites is 2. The summed E-state index contributed by atoms with van der Waals surface area (Å²) >= 11 is 0. The molecule has 1 fully saturated rings. The van der Waals surface area contributed by atoms with Crippen LogP contribution in [0.4, 0.5) is 13.2 Å². The molecule has 5 rings (SSSR count). The highest BCUT2D eigenvalue weighted by Gasteiger charge is 2.39. The molecule has 1 aromatic heterocycles. The number of imidazole rings is 1. The maximum atomic E-state index is 13.5. The molecule has 0 bridgehead atoms. The summed E-state index contributed by atoms with van der Waals surface area (Å²) in [7, 11) is 0. The topological polar surface area (TPSA) is 65.4 Å². The zero-order valence-electron chi connectivity index (χ0n) is 16.5. The summed E-state index contributed by atoms with van der Waals surface area (Å²) in [4.78, 5) is 16.6. The Hall–Kier alpha value is -3.23. The van der Waals surface area contributed by atoms with Gasteiger partial charge in [0.1, 0.15) is 19.8 Å². The van der Waals surface area contributed by atoms with Gasteiger partial charge in [0.25, 0.3) is 0 Å². The molecular weight excluding hydrogens is 411 g/mol. The molecule has 3 aromatic rings. The summed E-state index contributed by atoms with van der Waals surface area (Å²) in [6.07, 6.45) is -2.77. The van der Waals surface area contributed by atoms with E-state index in [9.17, 15) is 18.0 Å². The lowest BCUT2D eigenvalue weighted by Crippen LogP contribution is -2.33. The Morgan fingerprint density at radius 2 is 1.87 bits per heavy atom. The van der Waals surface area contributed by atoms with Crippen molar-refractivity contribution >= 4 is 16.9 Å². The number of hydrogen-bond acceptors (Lipinski definition) is 4. The van der Waals surface area contributed by atoms with Gasteiger partial charge in [0.2, 0.25) is 11.7 Å². The van der Waals surface area contributed by atoms with Crippen molar-refractivity contribution in [3.63, 3.8) is 0 Å². The Bertz CT molecular complexity index is 1140. The van der Waals surface area contributed by atoms with Crippen LogP contribution in [0.25, 0.3) is 11.0 Å². The average molecular weight is 431 g/mol. The highest BCUT2D eigenvalue weighted by Crippen LogP contribution is 2.43. The van der Waals surface area contributed by atoms with Crippen LogP contribution in [0.5, 0.6) is 11.5 Å². The molecule has 9 heteroatoms. The lowest BCUT2D eigenvalue weighted by Gasteiger charge is -2.23. The van der Waals surface area contributed by atoms with Gasteiger partial charge < -0.3 is 19.4 Å². The number of aromatic nitrogens is 2. The van der Waals surface area contributed by atoms with Crippen molar-refractivity contribution in [1.29, 1.82) is 0 Å². The van der Waals surface area contributed by atoms with Gasteiger partial charge in [-0.05, 0) is 48.6 Å². The number of alkyl halides is 3. The minimum absolute atomic E-state index is 0.202. The maximum Gasteiger partial charge on any atom is 0.449 e. The Kier molecular flexibility index (Phi) is 4.75. The number of carbonyl (C=O) groups excluding carboxylic acids is 1. The Balaban J connectivity index is 1.41. The Morgan fingerprint density at radius 3 is 2.61 bits per heavy atom. The molecule has 6 nitrogen and oxygen atoms in total. The van der Waals surface area contributed by atoms with Crippen molar-refractivity contribution in [3.05, 3.63) is 53.9 Å². The highest BCUT2D eigenvalue weighted by atomic mass is 19.4. The average Bonchev–Trinajstić information content (AvgIpc) is 3.53. The zero-order valence-corrected chi connectivity index (χ0v) is 16.5. The molecule has 1 aliphatic carbocycles. The van der Waals surface area contributed by atoms with Crippen LogP contribution in [0.1, 0.15) is 30.3 Å². The summed E-state index contributed by atoms with van der Waals surface area (Å²) < 4.78 is 52.7. The minimum atomic E-state index is -4.66. The SMILES string of the molecule is O=C(Cn1c(C(F)(F)F)nc2ccccc21)NC(c1ccc2c(c1)OCCO2)C1CC1. The monoisotopic (exact) mass is 431 g/mol. The fraction of sp³-hybridized carbons (Fsp3) is 0.364. The molecule has 2 heterocycles. The van der Waals surface area contributed by atoms with Crippen LogP contribution in [-0.4, -0.2) is 28.7 Å². The van der Waals surface area contributed by atoms with Gasteiger partial charge in [0.05, 0.1) is 17.1 Å². The second-order valence-corrected chi connectivity index (χ2v) is 7.79. The van der Waals surface area contributed by atoms with Crippen LogP contribution in [0.2, 0.25) is 0 Å². The molecule has 1 atom stereocenters. The molecule has 1 N–H and O–H groups in total. The van der Waals surface area contributed by atoms with Gasteiger partial charge >= 0.3 is 6.18 Å². The number of fused-ring (bicyclic) bond motifs is 2. The van der Waals surface area contributed by atoms with Gasteiger partial charge in [-0.1, -0.05) is 18.2 Å². The van der Waals surface area contributed by atoms with E-state index in [1.54, 1.807) is 18.2 Å². The number of amides is 1.